The molecule has 6 heteroatoms. The molecule has 1 aromatic heterocycles. The Morgan fingerprint density at radius 3 is 1.80 bits per heavy atom. The molecule has 0 aliphatic heterocycles. The lowest BCUT2D eigenvalue weighted by molar-refractivity contribution is -0.673. The zero-order chi connectivity index (χ0) is 28.4. The summed E-state index contributed by atoms with van der Waals surface area (Å²) in [5.41, 5.74) is 6.10. The number of allylic oxidation sites excluding steroid dienone is 5. The number of aryl methyl sites for hydroxylation is 1. The summed E-state index contributed by atoms with van der Waals surface area (Å²) in [4.78, 5) is 7.62. The molecular formula is C34H42N4S2+2. The van der Waals surface area contributed by atoms with Crippen LogP contribution in [0.5, 0.6) is 0 Å². The van der Waals surface area contributed by atoms with Gasteiger partial charge < -0.3 is 9.80 Å². The van der Waals surface area contributed by atoms with Crippen molar-refractivity contribution in [2.24, 2.45) is 7.05 Å². The van der Waals surface area contributed by atoms with Gasteiger partial charge >= 0.3 is 0 Å². The van der Waals surface area contributed by atoms with Crippen molar-refractivity contribution < 1.29 is 9.56 Å². The lowest BCUT2D eigenvalue weighted by atomic mass is 10.1. The summed E-state index contributed by atoms with van der Waals surface area (Å²) in [5, 5.41) is 0. The summed E-state index contributed by atoms with van der Waals surface area (Å²) in [6.07, 6.45) is 20.5. The SMILES string of the molecule is C[NH+]=C\C=C/C=C/C=C/c1ccc(N(C)CCSSCCN(C)c2ccc(/C=C/c3cccc[n+]3C)cc2)cc1. The van der Waals surface area contributed by atoms with E-state index >= 15 is 0 Å². The molecule has 4 nitrogen and oxygen atoms in total. The van der Waals surface area contributed by atoms with Gasteiger partial charge in [-0.2, -0.15) is 0 Å². The number of aromatic nitrogens is 1. The van der Waals surface area contributed by atoms with Crippen LogP contribution in [0, 0.1) is 0 Å². The summed E-state index contributed by atoms with van der Waals surface area (Å²) in [5.74, 6) is 2.19. The van der Waals surface area contributed by atoms with Crippen molar-refractivity contribution in [3.8, 4) is 0 Å². The van der Waals surface area contributed by atoms with E-state index in [1.165, 1.54) is 28.2 Å². The van der Waals surface area contributed by atoms with Gasteiger partial charge in [-0.1, -0.05) is 76.2 Å². The highest BCUT2D eigenvalue weighted by molar-refractivity contribution is 8.76. The molecule has 3 rings (SSSR count). The van der Waals surface area contributed by atoms with E-state index in [4.69, 9.17) is 0 Å². The third-order valence-electron chi connectivity index (χ3n) is 6.31. The van der Waals surface area contributed by atoms with Crippen molar-refractivity contribution in [3.05, 3.63) is 120 Å². The van der Waals surface area contributed by atoms with Crippen LogP contribution in [0.3, 0.4) is 0 Å². The molecule has 0 aliphatic carbocycles. The van der Waals surface area contributed by atoms with Crippen molar-refractivity contribution in [1.29, 1.82) is 0 Å². The Kier molecular flexibility index (Phi) is 14.0. The molecule has 2 aromatic carbocycles. The molecule has 0 bridgehead atoms. The van der Waals surface area contributed by atoms with Crippen molar-refractivity contribution in [1.82, 2.24) is 0 Å². The van der Waals surface area contributed by atoms with Crippen LogP contribution in [0.15, 0.2) is 103 Å². The molecule has 3 aromatic rings. The van der Waals surface area contributed by atoms with Gasteiger partial charge in [0, 0.05) is 74.4 Å². The Balaban J connectivity index is 1.31. The maximum absolute atomic E-state index is 2.96. The summed E-state index contributed by atoms with van der Waals surface area (Å²) >= 11 is 0. The number of nitrogens with zero attached hydrogens (tertiary/aromatic N) is 3. The smallest absolute Gasteiger partial charge is 0.204 e. The van der Waals surface area contributed by atoms with Gasteiger partial charge in [0.15, 0.2) is 12.4 Å². The van der Waals surface area contributed by atoms with Gasteiger partial charge in [0.25, 0.3) is 0 Å². The first-order valence-corrected chi connectivity index (χ1v) is 16.1. The summed E-state index contributed by atoms with van der Waals surface area (Å²) < 4.78 is 2.12. The third kappa shape index (κ3) is 11.3. The van der Waals surface area contributed by atoms with Crippen LogP contribution in [-0.2, 0) is 7.05 Å². The molecule has 1 heterocycles. The highest BCUT2D eigenvalue weighted by Crippen LogP contribution is 2.23. The normalized spacial score (nSPS) is 12.1. The van der Waals surface area contributed by atoms with E-state index in [2.05, 4.69) is 132 Å². The molecule has 1 N–H and O–H groups in total. The van der Waals surface area contributed by atoms with Crippen LogP contribution in [0.1, 0.15) is 16.8 Å². The minimum atomic E-state index is 1.03. The van der Waals surface area contributed by atoms with Crippen LogP contribution >= 0.6 is 21.6 Å². The van der Waals surface area contributed by atoms with Crippen molar-refractivity contribution in [3.63, 3.8) is 0 Å². The Morgan fingerprint density at radius 1 is 0.675 bits per heavy atom. The van der Waals surface area contributed by atoms with Gasteiger partial charge in [-0.05, 0) is 47.5 Å². The van der Waals surface area contributed by atoms with Crippen molar-refractivity contribution in [2.45, 2.75) is 0 Å². The van der Waals surface area contributed by atoms with E-state index < -0.39 is 0 Å². The fourth-order valence-electron chi connectivity index (χ4n) is 3.81. The predicted molar refractivity (Wildman–Crippen MR) is 181 cm³/mol. The second kappa shape index (κ2) is 18.0. The Morgan fingerprint density at radius 2 is 1.23 bits per heavy atom. The van der Waals surface area contributed by atoms with E-state index in [-0.39, 0.29) is 0 Å². The lowest BCUT2D eigenvalue weighted by Gasteiger charge is -2.20. The first-order chi connectivity index (χ1) is 19.6. The maximum atomic E-state index is 2.96. The maximum Gasteiger partial charge on any atom is 0.204 e. The molecule has 0 unspecified atom stereocenters. The Bertz CT molecular complexity index is 1290. The van der Waals surface area contributed by atoms with Gasteiger partial charge in [-0.25, -0.2) is 4.57 Å². The average Bonchev–Trinajstić information content (AvgIpc) is 2.98. The predicted octanol–water partition coefficient (Wildman–Crippen LogP) is 5.54. The number of rotatable bonds is 15. The molecular weight excluding hydrogens is 529 g/mol. The quantitative estimate of drug-likeness (QED) is 0.0853. The summed E-state index contributed by atoms with van der Waals surface area (Å²) in [6.45, 7) is 2.05. The Labute approximate surface area is 248 Å². The molecule has 0 fully saturated rings. The molecule has 208 valence electrons. The molecule has 0 atom stereocenters. The van der Waals surface area contributed by atoms with Crippen molar-refractivity contribution in [2.75, 3.05) is 55.5 Å². The van der Waals surface area contributed by atoms with Crippen molar-refractivity contribution >= 4 is 57.4 Å². The molecule has 0 spiro atoms. The van der Waals surface area contributed by atoms with E-state index in [1.807, 2.05) is 65.2 Å². The molecule has 0 radical (unpaired) electrons. The number of hydrogen-bond donors (Lipinski definition) is 1. The highest BCUT2D eigenvalue weighted by atomic mass is 33.1. The van der Waals surface area contributed by atoms with Gasteiger partial charge in [-0.15, -0.1) is 0 Å². The largest absolute Gasteiger partial charge is 0.374 e. The topological polar surface area (TPSA) is 24.3 Å². The van der Waals surface area contributed by atoms with Gasteiger partial charge in [0.1, 0.15) is 14.1 Å². The van der Waals surface area contributed by atoms with Crippen LogP contribution in [0.25, 0.3) is 18.2 Å². The monoisotopic (exact) mass is 570 g/mol. The second-order valence-corrected chi connectivity index (χ2v) is 12.0. The average molecular weight is 571 g/mol. The van der Waals surface area contributed by atoms with Gasteiger partial charge in [0.05, 0.1) is 0 Å². The molecule has 0 aliphatic rings. The van der Waals surface area contributed by atoms with Gasteiger partial charge in [-0.3, -0.25) is 4.99 Å². The van der Waals surface area contributed by atoms with Crippen LogP contribution in [0.4, 0.5) is 11.4 Å². The first-order valence-electron chi connectivity index (χ1n) is 13.6. The van der Waals surface area contributed by atoms with Crippen LogP contribution < -0.4 is 19.4 Å². The minimum Gasteiger partial charge on any atom is -0.374 e. The Hall–Kier alpha value is -3.48. The summed E-state index contributed by atoms with van der Waals surface area (Å²) in [6, 6.07) is 23.7. The standard InChI is InChI=1S/C34H41N4S2/c1-35-24-10-7-5-6-8-12-30-14-20-33(21-15-30)37(3)26-28-39-40-29-27-38(4)34-22-17-31(18-23-34)16-19-32-13-9-11-25-36(32)2/h5-25H,26-29H2,1-4H3/q+1/p+1/b6-5+,10-7-,12-8+,35-24?. The number of pyridine rings is 1. The van der Waals surface area contributed by atoms with E-state index in [1.54, 1.807) is 0 Å². The number of anilines is 2. The fraction of sp³-hybridized carbons (Fsp3) is 0.235. The number of benzene rings is 2. The minimum absolute atomic E-state index is 1.03. The first kappa shape index (κ1) is 31.1. The molecule has 0 saturated carbocycles. The molecule has 0 saturated heterocycles. The fourth-order valence-corrected chi connectivity index (χ4v) is 5.89. The summed E-state index contributed by atoms with van der Waals surface area (Å²) in [7, 11) is 12.2. The number of nitrogens with one attached hydrogen (secondary N) is 1. The van der Waals surface area contributed by atoms with Crippen LogP contribution in [0.2, 0.25) is 0 Å². The van der Waals surface area contributed by atoms with E-state index in [0.717, 1.165) is 24.6 Å². The second-order valence-electron chi connectivity index (χ2n) is 9.32. The third-order valence-corrected chi connectivity index (χ3v) is 8.67. The zero-order valence-corrected chi connectivity index (χ0v) is 25.7. The highest BCUT2D eigenvalue weighted by Gasteiger charge is 2.04. The van der Waals surface area contributed by atoms with Gasteiger partial charge in [0.2, 0.25) is 5.69 Å². The lowest BCUT2D eigenvalue weighted by Crippen LogP contribution is -2.62. The van der Waals surface area contributed by atoms with E-state index in [0.29, 0.717) is 0 Å². The van der Waals surface area contributed by atoms with Crippen LogP contribution in [-0.4, -0.2) is 52.0 Å². The molecule has 40 heavy (non-hydrogen) atoms. The molecule has 0 amide bonds. The number of hydrogen-bond acceptors (Lipinski definition) is 4. The van der Waals surface area contributed by atoms with E-state index in [9.17, 15) is 0 Å². The zero-order valence-electron chi connectivity index (χ0n) is 24.1.